The van der Waals surface area contributed by atoms with E-state index in [-0.39, 0.29) is 6.10 Å². The molecule has 11 heavy (non-hydrogen) atoms. The van der Waals surface area contributed by atoms with Crippen LogP contribution in [0.1, 0.15) is 6.42 Å². The minimum atomic E-state index is -0.504. The van der Waals surface area contributed by atoms with Gasteiger partial charge in [0.1, 0.15) is 6.04 Å². The predicted molar refractivity (Wildman–Crippen MR) is 38.8 cm³/mol. The van der Waals surface area contributed by atoms with Gasteiger partial charge in [-0.25, -0.2) is 0 Å². The van der Waals surface area contributed by atoms with Crippen molar-refractivity contribution in [2.24, 2.45) is 5.73 Å². The number of nitrogens with zero attached hydrogens (tertiary/aromatic N) is 1. The van der Waals surface area contributed by atoms with Crippen molar-refractivity contribution >= 4 is 0 Å². The Bertz CT molecular complexity index is 149. The highest BCUT2D eigenvalue weighted by molar-refractivity contribution is 4.86. The van der Waals surface area contributed by atoms with Gasteiger partial charge in [-0.1, -0.05) is 0 Å². The molecule has 1 aliphatic rings. The molecular formula is C7H12N2O2. The van der Waals surface area contributed by atoms with Crippen LogP contribution in [0.4, 0.5) is 0 Å². The van der Waals surface area contributed by atoms with E-state index in [9.17, 15) is 0 Å². The van der Waals surface area contributed by atoms with Gasteiger partial charge in [0.25, 0.3) is 0 Å². The van der Waals surface area contributed by atoms with Crippen LogP contribution in [0.25, 0.3) is 0 Å². The monoisotopic (exact) mass is 156 g/mol. The molecular weight excluding hydrogens is 144 g/mol. The molecule has 1 heterocycles. The van der Waals surface area contributed by atoms with Gasteiger partial charge in [0, 0.05) is 6.61 Å². The second-order valence-electron chi connectivity index (χ2n) is 2.55. The van der Waals surface area contributed by atoms with Gasteiger partial charge >= 0.3 is 0 Å². The lowest BCUT2D eigenvalue weighted by molar-refractivity contribution is 0.0410. The SMILES string of the molecule is N#CC(N)COC1CCOC1. The highest BCUT2D eigenvalue weighted by Crippen LogP contribution is 2.07. The summed E-state index contributed by atoms with van der Waals surface area (Å²) in [5.41, 5.74) is 5.32. The zero-order valence-corrected chi connectivity index (χ0v) is 6.32. The molecule has 1 saturated heterocycles. The summed E-state index contributed by atoms with van der Waals surface area (Å²) in [6.07, 6.45) is 1.06. The summed E-state index contributed by atoms with van der Waals surface area (Å²) in [6, 6.07) is 1.40. The molecule has 0 spiro atoms. The Labute approximate surface area is 65.9 Å². The summed E-state index contributed by atoms with van der Waals surface area (Å²) in [5.74, 6) is 0. The summed E-state index contributed by atoms with van der Waals surface area (Å²) in [4.78, 5) is 0. The Balaban J connectivity index is 2.07. The Hall–Kier alpha value is -0.630. The van der Waals surface area contributed by atoms with Crippen LogP contribution in [0, 0.1) is 11.3 Å². The van der Waals surface area contributed by atoms with Crippen molar-refractivity contribution in [1.29, 1.82) is 5.26 Å². The maximum Gasteiger partial charge on any atom is 0.116 e. The van der Waals surface area contributed by atoms with Crippen molar-refractivity contribution in [1.82, 2.24) is 0 Å². The van der Waals surface area contributed by atoms with Crippen LogP contribution in [0.5, 0.6) is 0 Å². The molecule has 0 aromatic heterocycles. The summed E-state index contributed by atoms with van der Waals surface area (Å²) in [7, 11) is 0. The second kappa shape index (κ2) is 4.29. The van der Waals surface area contributed by atoms with Gasteiger partial charge in [-0.3, -0.25) is 0 Å². The van der Waals surface area contributed by atoms with E-state index in [0.717, 1.165) is 13.0 Å². The zero-order chi connectivity index (χ0) is 8.10. The average Bonchev–Trinajstić information content (AvgIpc) is 2.52. The Morgan fingerprint density at radius 1 is 1.82 bits per heavy atom. The van der Waals surface area contributed by atoms with Crippen molar-refractivity contribution in [2.75, 3.05) is 19.8 Å². The highest BCUT2D eigenvalue weighted by Gasteiger charge is 2.16. The third-order valence-corrected chi connectivity index (χ3v) is 1.57. The van der Waals surface area contributed by atoms with Crippen molar-refractivity contribution < 1.29 is 9.47 Å². The number of nitrogens with two attached hydrogens (primary N) is 1. The zero-order valence-electron chi connectivity index (χ0n) is 6.32. The molecule has 1 aliphatic heterocycles. The lowest BCUT2D eigenvalue weighted by Crippen LogP contribution is -2.27. The molecule has 0 radical (unpaired) electrons. The van der Waals surface area contributed by atoms with Crippen molar-refractivity contribution in [2.45, 2.75) is 18.6 Å². The molecule has 62 valence electrons. The van der Waals surface area contributed by atoms with Gasteiger partial charge in [0.15, 0.2) is 0 Å². The first-order valence-electron chi connectivity index (χ1n) is 3.67. The fourth-order valence-electron chi connectivity index (χ4n) is 0.921. The maximum atomic E-state index is 8.32. The van der Waals surface area contributed by atoms with E-state index in [2.05, 4.69) is 0 Å². The van der Waals surface area contributed by atoms with Crippen LogP contribution in [0.3, 0.4) is 0 Å². The summed E-state index contributed by atoms with van der Waals surface area (Å²) >= 11 is 0. The van der Waals surface area contributed by atoms with Gasteiger partial charge in [-0.05, 0) is 6.42 Å². The quantitative estimate of drug-likeness (QED) is 0.606. The molecule has 0 saturated carbocycles. The lowest BCUT2D eigenvalue weighted by Gasteiger charge is -2.09. The number of hydrogen-bond acceptors (Lipinski definition) is 4. The van der Waals surface area contributed by atoms with E-state index >= 15 is 0 Å². The fourth-order valence-corrected chi connectivity index (χ4v) is 0.921. The lowest BCUT2D eigenvalue weighted by atomic mass is 10.3. The standard InChI is InChI=1S/C7H12N2O2/c8-3-6(9)4-11-7-1-2-10-5-7/h6-7H,1-2,4-5,9H2. The van der Waals surface area contributed by atoms with E-state index in [1.54, 1.807) is 0 Å². The van der Waals surface area contributed by atoms with Crippen LogP contribution in [-0.4, -0.2) is 32.0 Å². The van der Waals surface area contributed by atoms with E-state index < -0.39 is 6.04 Å². The number of ether oxygens (including phenoxy) is 2. The van der Waals surface area contributed by atoms with Crippen molar-refractivity contribution in [3.8, 4) is 6.07 Å². The molecule has 4 nitrogen and oxygen atoms in total. The minimum Gasteiger partial charge on any atom is -0.379 e. The second-order valence-corrected chi connectivity index (χ2v) is 2.55. The first-order chi connectivity index (χ1) is 5.33. The van der Waals surface area contributed by atoms with Crippen molar-refractivity contribution in [3.05, 3.63) is 0 Å². The number of rotatable bonds is 3. The normalized spacial score (nSPS) is 26.4. The van der Waals surface area contributed by atoms with Crippen LogP contribution < -0.4 is 5.73 Å². The summed E-state index contributed by atoms with van der Waals surface area (Å²) in [5, 5.41) is 8.32. The van der Waals surface area contributed by atoms with Gasteiger partial charge in [-0.15, -0.1) is 0 Å². The largest absolute Gasteiger partial charge is 0.379 e. The van der Waals surface area contributed by atoms with E-state index in [4.69, 9.17) is 20.5 Å². The van der Waals surface area contributed by atoms with Gasteiger partial charge in [0.2, 0.25) is 0 Å². The molecule has 0 aromatic rings. The molecule has 0 amide bonds. The summed E-state index contributed by atoms with van der Waals surface area (Å²) in [6.45, 7) is 1.70. The first-order valence-corrected chi connectivity index (χ1v) is 3.67. The van der Waals surface area contributed by atoms with Crippen LogP contribution in [-0.2, 0) is 9.47 Å². The molecule has 2 N–H and O–H groups in total. The minimum absolute atomic E-state index is 0.148. The average molecular weight is 156 g/mol. The van der Waals surface area contributed by atoms with Crippen LogP contribution in [0.15, 0.2) is 0 Å². The van der Waals surface area contributed by atoms with Crippen molar-refractivity contribution in [3.63, 3.8) is 0 Å². The third kappa shape index (κ3) is 2.85. The number of nitriles is 1. The van der Waals surface area contributed by atoms with E-state index in [0.29, 0.717) is 13.2 Å². The van der Waals surface area contributed by atoms with Gasteiger partial charge < -0.3 is 15.2 Å². The fraction of sp³-hybridized carbons (Fsp3) is 0.857. The highest BCUT2D eigenvalue weighted by atomic mass is 16.5. The van der Waals surface area contributed by atoms with Crippen LogP contribution >= 0.6 is 0 Å². The molecule has 0 aliphatic carbocycles. The van der Waals surface area contributed by atoms with Gasteiger partial charge in [0.05, 0.1) is 25.4 Å². The van der Waals surface area contributed by atoms with E-state index in [1.165, 1.54) is 0 Å². The molecule has 0 aromatic carbocycles. The van der Waals surface area contributed by atoms with E-state index in [1.807, 2.05) is 6.07 Å². The Morgan fingerprint density at radius 3 is 3.18 bits per heavy atom. The molecule has 1 rings (SSSR count). The topological polar surface area (TPSA) is 68.3 Å². The molecule has 4 heteroatoms. The van der Waals surface area contributed by atoms with Gasteiger partial charge in [-0.2, -0.15) is 5.26 Å². The number of hydrogen-bond donors (Lipinski definition) is 1. The predicted octanol–water partition coefficient (Wildman–Crippen LogP) is -0.357. The molecule has 1 fully saturated rings. The first kappa shape index (κ1) is 8.47. The smallest absolute Gasteiger partial charge is 0.116 e. The molecule has 2 atom stereocenters. The third-order valence-electron chi connectivity index (χ3n) is 1.57. The Morgan fingerprint density at radius 2 is 2.64 bits per heavy atom. The Kier molecular flexibility index (Phi) is 3.30. The van der Waals surface area contributed by atoms with Crippen LogP contribution in [0.2, 0.25) is 0 Å². The maximum absolute atomic E-state index is 8.32. The summed E-state index contributed by atoms with van der Waals surface area (Å²) < 4.78 is 10.4. The molecule has 0 bridgehead atoms. The molecule has 2 unspecified atom stereocenters.